The highest BCUT2D eigenvalue weighted by Crippen LogP contribution is 2.15. The minimum absolute atomic E-state index is 0.0512. The summed E-state index contributed by atoms with van der Waals surface area (Å²) in [5.74, 6) is -1.04. The van der Waals surface area contributed by atoms with Crippen molar-refractivity contribution >= 4 is 24.0 Å². The summed E-state index contributed by atoms with van der Waals surface area (Å²) in [5.41, 5.74) is 0.916. The minimum atomic E-state index is -0.839. The summed E-state index contributed by atoms with van der Waals surface area (Å²) in [4.78, 5) is 53.6. The van der Waals surface area contributed by atoms with Crippen LogP contribution in [-0.4, -0.2) is 53.1 Å². The Balaban J connectivity index is 1.42. The van der Waals surface area contributed by atoms with E-state index in [0.717, 1.165) is 5.56 Å². The first-order valence-corrected chi connectivity index (χ1v) is 9.33. The van der Waals surface area contributed by atoms with Crippen molar-refractivity contribution in [3.05, 3.63) is 35.9 Å². The third-order valence-corrected chi connectivity index (χ3v) is 4.69. The van der Waals surface area contributed by atoms with Crippen LogP contribution in [0.25, 0.3) is 0 Å². The average molecular weight is 389 g/mol. The standard InChI is InChI=1S/C19H23N3O6/c23-16-8-9-17(24)22(16)28-18(25)20-15-7-4-11-21(12-10-15)19(26)27-13-14-5-2-1-3-6-14/h1-3,5-6,15H,4,7-13H2,(H,20,25)/t15-/m1/s1. The lowest BCUT2D eigenvalue weighted by molar-refractivity contribution is -0.171. The summed E-state index contributed by atoms with van der Waals surface area (Å²) in [6.45, 7) is 1.17. The van der Waals surface area contributed by atoms with Crippen molar-refractivity contribution in [2.45, 2.75) is 44.8 Å². The molecular formula is C19H23N3O6. The lowest BCUT2D eigenvalue weighted by atomic mass is 10.1. The van der Waals surface area contributed by atoms with Gasteiger partial charge in [0.2, 0.25) is 0 Å². The molecule has 0 spiro atoms. The molecule has 0 unspecified atom stereocenters. The molecule has 4 amide bonds. The maximum atomic E-state index is 12.3. The van der Waals surface area contributed by atoms with Crippen LogP contribution in [0.5, 0.6) is 0 Å². The molecule has 0 aliphatic carbocycles. The molecule has 2 fully saturated rings. The van der Waals surface area contributed by atoms with Crippen molar-refractivity contribution in [1.29, 1.82) is 0 Å². The van der Waals surface area contributed by atoms with Crippen molar-refractivity contribution in [3.8, 4) is 0 Å². The van der Waals surface area contributed by atoms with E-state index in [4.69, 9.17) is 9.57 Å². The molecule has 2 saturated heterocycles. The molecule has 150 valence electrons. The Bertz CT molecular complexity index is 722. The smallest absolute Gasteiger partial charge is 0.432 e. The Labute approximate surface area is 162 Å². The molecule has 2 aliphatic heterocycles. The summed E-state index contributed by atoms with van der Waals surface area (Å²) in [5, 5.41) is 3.17. The zero-order valence-electron chi connectivity index (χ0n) is 15.5. The molecule has 2 aliphatic rings. The van der Waals surface area contributed by atoms with E-state index in [1.165, 1.54) is 0 Å². The molecular weight excluding hydrogens is 366 g/mol. The van der Waals surface area contributed by atoms with Crippen LogP contribution in [0.15, 0.2) is 30.3 Å². The van der Waals surface area contributed by atoms with Gasteiger partial charge in [-0.1, -0.05) is 30.3 Å². The average Bonchev–Trinajstić information content (AvgIpc) is 2.88. The summed E-state index contributed by atoms with van der Waals surface area (Å²) in [6, 6.07) is 9.22. The van der Waals surface area contributed by atoms with Gasteiger partial charge in [-0.2, -0.15) is 0 Å². The van der Waals surface area contributed by atoms with Gasteiger partial charge >= 0.3 is 12.2 Å². The van der Waals surface area contributed by atoms with Crippen LogP contribution < -0.4 is 5.32 Å². The summed E-state index contributed by atoms with van der Waals surface area (Å²) >= 11 is 0. The van der Waals surface area contributed by atoms with Gasteiger partial charge < -0.3 is 19.8 Å². The molecule has 0 bridgehead atoms. The van der Waals surface area contributed by atoms with Gasteiger partial charge in [0, 0.05) is 32.0 Å². The number of rotatable bonds is 4. The van der Waals surface area contributed by atoms with E-state index in [2.05, 4.69) is 5.32 Å². The molecule has 2 heterocycles. The molecule has 28 heavy (non-hydrogen) atoms. The Kier molecular flexibility index (Phi) is 6.46. The van der Waals surface area contributed by atoms with Gasteiger partial charge in [0.1, 0.15) is 6.61 Å². The van der Waals surface area contributed by atoms with Gasteiger partial charge in [-0.25, -0.2) is 9.59 Å². The first kappa shape index (κ1) is 19.7. The molecule has 1 aromatic carbocycles. The van der Waals surface area contributed by atoms with Gasteiger partial charge in [-0.05, 0) is 24.8 Å². The molecule has 9 nitrogen and oxygen atoms in total. The largest absolute Gasteiger partial charge is 0.445 e. The van der Waals surface area contributed by atoms with E-state index >= 15 is 0 Å². The fourth-order valence-electron chi connectivity index (χ4n) is 3.17. The fourth-order valence-corrected chi connectivity index (χ4v) is 3.17. The van der Waals surface area contributed by atoms with E-state index in [1.54, 1.807) is 4.90 Å². The number of imide groups is 1. The Morgan fingerprint density at radius 1 is 1.04 bits per heavy atom. The van der Waals surface area contributed by atoms with E-state index in [1.807, 2.05) is 30.3 Å². The highest BCUT2D eigenvalue weighted by atomic mass is 16.7. The van der Waals surface area contributed by atoms with Crippen LogP contribution in [0.3, 0.4) is 0 Å². The zero-order chi connectivity index (χ0) is 19.9. The highest BCUT2D eigenvalue weighted by molar-refractivity contribution is 6.01. The quantitative estimate of drug-likeness (QED) is 0.790. The fraction of sp³-hybridized carbons (Fsp3) is 0.474. The van der Waals surface area contributed by atoms with Gasteiger partial charge in [0.05, 0.1) is 0 Å². The summed E-state index contributed by atoms with van der Waals surface area (Å²) in [6.07, 6.45) is 0.740. The van der Waals surface area contributed by atoms with Crippen molar-refractivity contribution < 1.29 is 28.8 Å². The first-order chi connectivity index (χ1) is 13.5. The molecule has 3 rings (SSSR count). The predicted octanol–water partition coefficient (Wildman–Crippen LogP) is 1.97. The number of carbonyl (C=O) groups excluding carboxylic acids is 4. The number of nitrogens with one attached hydrogen (secondary N) is 1. The van der Waals surface area contributed by atoms with Crippen molar-refractivity contribution in [2.24, 2.45) is 0 Å². The number of carbonyl (C=O) groups is 4. The van der Waals surface area contributed by atoms with Crippen LogP contribution in [0.4, 0.5) is 9.59 Å². The van der Waals surface area contributed by atoms with Crippen LogP contribution in [0.1, 0.15) is 37.7 Å². The van der Waals surface area contributed by atoms with Crippen molar-refractivity contribution in [1.82, 2.24) is 15.3 Å². The lowest BCUT2D eigenvalue weighted by Gasteiger charge is -2.20. The maximum absolute atomic E-state index is 12.3. The number of hydrogen-bond donors (Lipinski definition) is 1. The SMILES string of the molecule is O=C(N[C@@H]1CCCN(C(=O)OCc2ccccc2)CC1)ON1C(=O)CCC1=O. The van der Waals surface area contributed by atoms with E-state index < -0.39 is 17.9 Å². The maximum Gasteiger partial charge on any atom is 0.432 e. The topological polar surface area (TPSA) is 105 Å². The molecule has 9 heteroatoms. The zero-order valence-corrected chi connectivity index (χ0v) is 15.5. The third-order valence-electron chi connectivity index (χ3n) is 4.69. The third kappa shape index (κ3) is 5.21. The second-order valence-electron chi connectivity index (χ2n) is 6.76. The molecule has 0 aromatic heterocycles. The summed E-state index contributed by atoms with van der Waals surface area (Å²) < 4.78 is 5.35. The van der Waals surface area contributed by atoms with Crippen molar-refractivity contribution in [2.75, 3.05) is 13.1 Å². The number of amides is 4. The minimum Gasteiger partial charge on any atom is -0.445 e. The predicted molar refractivity (Wildman–Crippen MR) is 96.5 cm³/mol. The molecule has 0 saturated carbocycles. The van der Waals surface area contributed by atoms with Crippen LogP contribution in [0, 0.1) is 0 Å². The van der Waals surface area contributed by atoms with Crippen LogP contribution in [0.2, 0.25) is 0 Å². The van der Waals surface area contributed by atoms with Gasteiger partial charge in [0.15, 0.2) is 0 Å². The van der Waals surface area contributed by atoms with Gasteiger partial charge in [-0.15, -0.1) is 5.06 Å². The molecule has 0 radical (unpaired) electrons. The Hall–Kier alpha value is -3.10. The second-order valence-corrected chi connectivity index (χ2v) is 6.76. The van der Waals surface area contributed by atoms with Gasteiger partial charge in [0.25, 0.3) is 11.8 Å². The monoisotopic (exact) mass is 389 g/mol. The number of nitrogens with zero attached hydrogens (tertiary/aromatic N) is 2. The first-order valence-electron chi connectivity index (χ1n) is 9.33. The molecule has 1 aromatic rings. The number of hydroxylamine groups is 2. The summed E-state index contributed by atoms with van der Waals surface area (Å²) in [7, 11) is 0. The van der Waals surface area contributed by atoms with Gasteiger partial charge in [-0.3, -0.25) is 9.59 Å². The Morgan fingerprint density at radius 2 is 1.75 bits per heavy atom. The Morgan fingerprint density at radius 3 is 2.46 bits per heavy atom. The number of likely N-dealkylation sites (tertiary alicyclic amines) is 1. The highest BCUT2D eigenvalue weighted by Gasteiger charge is 2.33. The molecule has 1 atom stereocenters. The molecule has 1 N–H and O–H groups in total. The lowest BCUT2D eigenvalue weighted by Crippen LogP contribution is -2.41. The number of hydrogen-bond acceptors (Lipinski definition) is 6. The van der Waals surface area contributed by atoms with Crippen LogP contribution >= 0.6 is 0 Å². The van der Waals surface area contributed by atoms with E-state index in [-0.39, 0.29) is 31.6 Å². The van der Waals surface area contributed by atoms with Crippen molar-refractivity contribution in [3.63, 3.8) is 0 Å². The van der Waals surface area contributed by atoms with Crippen LogP contribution in [-0.2, 0) is 25.8 Å². The second kappa shape index (κ2) is 9.20. The number of benzene rings is 1. The number of ether oxygens (including phenoxy) is 1. The van der Waals surface area contributed by atoms with E-state index in [9.17, 15) is 19.2 Å². The normalized spacial score (nSPS) is 19.9. The van der Waals surface area contributed by atoms with E-state index in [0.29, 0.717) is 37.4 Å².